The summed E-state index contributed by atoms with van der Waals surface area (Å²) < 4.78 is 13.7. The van der Waals surface area contributed by atoms with Crippen LogP contribution < -0.4 is 10.6 Å². The smallest absolute Gasteiger partial charge is 0.324 e. The lowest BCUT2D eigenvalue weighted by Crippen LogP contribution is -2.31. The fourth-order valence-corrected chi connectivity index (χ4v) is 4.34. The number of aryl methyl sites for hydroxylation is 1. The van der Waals surface area contributed by atoms with Crippen LogP contribution in [0.15, 0.2) is 84.9 Å². The number of benzene rings is 3. The molecule has 8 heteroatoms. The molecule has 0 atom stereocenters. The average molecular weight is 488 g/mol. The van der Waals surface area contributed by atoms with Crippen LogP contribution in [0.3, 0.4) is 0 Å². The number of rotatable bonds is 7. The van der Waals surface area contributed by atoms with E-state index in [2.05, 4.69) is 0 Å². The summed E-state index contributed by atoms with van der Waals surface area (Å²) in [5.41, 5.74) is 9.95. The van der Waals surface area contributed by atoms with E-state index in [-0.39, 0.29) is 23.0 Å². The number of carbonyl (C=O) groups excluding carboxylic acids is 1. The minimum absolute atomic E-state index is 0.0361. The number of amides is 1. The van der Waals surface area contributed by atoms with Gasteiger partial charge in [0.2, 0.25) is 0 Å². The van der Waals surface area contributed by atoms with Crippen molar-refractivity contribution in [1.82, 2.24) is 0 Å². The van der Waals surface area contributed by atoms with Gasteiger partial charge in [-0.1, -0.05) is 65.4 Å². The number of nitro groups is 1. The summed E-state index contributed by atoms with van der Waals surface area (Å²) in [6.45, 7) is 2.23. The van der Waals surface area contributed by atoms with Crippen LogP contribution in [0.4, 0.5) is 20.8 Å². The molecule has 0 unspecified atom stereocenters. The van der Waals surface area contributed by atoms with Crippen LogP contribution in [0.25, 0.3) is 11.6 Å². The summed E-state index contributed by atoms with van der Waals surface area (Å²) in [6, 6.07) is 23.4. The molecule has 0 aliphatic rings. The van der Waals surface area contributed by atoms with Crippen molar-refractivity contribution in [3.05, 3.63) is 122 Å². The molecule has 0 saturated heterocycles. The van der Waals surface area contributed by atoms with E-state index in [9.17, 15) is 19.3 Å². The van der Waals surface area contributed by atoms with Crippen molar-refractivity contribution < 1.29 is 14.1 Å². The zero-order chi connectivity index (χ0) is 24.9. The second kappa shape index (κ2) is 10.3. The monoisotopic (exact) mass is 487 g/mol. The van der Waals surface area contributed by atoms with Crippen LogP contribution >= 0.6 is 11.3 Å². The van der Waals surface area contributed by atoms with E-state index < -0.39 is 10.7 Å². The summed E-state index contributed by atoms with van der Waals surface area (Å²) in [7, 11) is 0. The van der Waals surface area contributed by atoms with Crippen molar-refractivity contribution in [2.75, 3.05) is 10.6 Å². The van der Waals surface area contributed by atoms with Crippen molar-refractivity contribution >= 4 is 45.3 Å². The number of thiophene rings is 1. The third-order valence-corrected chi connectivity index (χ3v) is 6.38. The van der Waals surface area contributed by atoms with Crippen LogP contribution in [-0.4, -0.2) is 10.8 Å². The molecule has 35 heavy (non-hydrogen) atoms. The normalized spacial score (nSPS) is 11.3. The van der Waals surface area contributed by atoms with E-state index in [1.165, 1.54) is 30.3 Å². The molecule has 0 aliphatic carbocycles. The lowest BCUT2D eigenvalue weighted by molar-refractivity contribution is -0.380. The van der Waals surface area contributed by atoms with Gasteiger partial charge in [-0.2, -0.15) is 0 Å². The van der Waals surface area contributed by atoms with E-state index in [1.807, 2.05) is 31.2 Å². The second-order valence-electron chi connectivity index (χ2n) is 7.93. The van der Waals surface area contributed by atoms with E-state index >= 15 is 0 Å². The molecule has 4 aromatic rings. The molecule has 1 aromatic heterocycles. The van der Waals surface area contributed by atoms with Crippen molar-refractivity contribution in [1.29, 1.82) is 0 Å². The Bertz CT molecular complexity index is 1400. The Kier molecular flexibility index (Phi) is 7.03. The molecule has 0 radical (unpaired) electrons. The van der Waals surface area contributed by atoms with E-state index in [0.29, 0.717) is 21.8 Å². The van der Waals surface area contributed by atoms with Crippen LogP contribution in [-0.2, 0) is 11.3 Å². The zero-order valence-electron chi connectivity index (χ0n) is 18.9. The molecule has 0 spiro atoms. The van der Waals surface area contributed by atoms with E-state index in [4.69, 9.17) is 5.73 Å². The fourth-order valence-electron chi connectivity index (χ4n) is 3.58. The molecule has 0 aliphatic heterocycles. The number of hydrogen-bond donors (Lipinski definition) is 1. The Balaban J connectivity index is 1.83. The molecule has 1 heterocycles. The standard InChI is InChI=1S/C27H22FN3O3S/c1-18-6-8-19(9-7-18)17-30(25-5-3-2-4-24(25)29)27(32)23(20-10-12-21(28)13-11-20)16-22-14-15-26(35-22)31(33)34/h2-16H,17,29H2,1H3. The second-order valence-corrected chi connectivity index (χ2v) is 9.03. The highest BCUT2D eigenvalue weighted by atomic mass is 32.1. The number of hydrogen-bond acceptors (Lipinski definition) is 5. The molecule has 176 valence electrons. The Morgan fingerprint density at radius 1 is 1.03 bits per heavy atom. The molecule has 0 saturated carbocycles. The van der Waals surface area contributed by atoms with Gasteiger partial charge >= 0.3 is 5.00 Å². The van der Waals surface area contributed by atoms with Gasteiger partial charge in [0.1, 0.15) is 5.82 Å². The van der Waals surface area contributed by atoms with E-state index in [0.717, 1.165) is 22.5 Å². The number of carbonyl (C=O) groups is 1. The van der Waals surface area contributed by atoms with Gasteiger partial charge in [-0.25, -0.2) is 4.39 Å². The third kappa shape index (κ3) is 5.62. The molecule has 6 nitrogen and oxygen atoms in total. The lowest BCUT2D eigenvalue weighted by atomic mass is 10.0. The number of halogens is 1. The highest BCUT2D eigenvalue weighted by molar-refractivity contribution is 7.16. The Morgan fingerprint density at radius 2 is 1.71 bits per heavy atom. The third-order valence-electron chi connectivity index (χ3n) is 5.40. The molecule has 3 aromatic carbocycles. The first-order valence-electron chi connectivity index (χ1n) is 10.8. The lowest BCUT2D eigenvalue weighted by Gasteiger charge is -2.26. The maximum absolute atomic E-state index is 14.1. The Hall–Kier alpha value is -4.30. The first-order valence-corrected chi connectivity index (χ1v) is 11.6. The van der Waals surface area contributed by atoms with Crippen molar-refractivity contribution in [3.63, 3.8) is 0 Å². The summed E-state index contributed by atoms with van der Waals surface area (Å²) >= 11 is 0.956. The van der Waals surface area contributed by atoms with Gasteiger partial charge < -0.3 is 10.6 Å². The van der Waals surface area contributed by atoms with E-state index in [1.54, 1.807) is 41.3 Å². The van der Waals surface area contributed by atoms with Crippen LogP contribution in [0.5, 0.6) is 0 Å². The highest BCUT2D eigenvalue weighted by Gasteiger charge is 2.24. The minimum Gasteiger partial charge on any atom is -0.397 e. The Morgan fingerprint density at radius 3 is 2.34 bits per heavy atom. The van der Waals surface area contributed by atoms with Crippen LogP contribution in [0.2, 0.25) is 0 Å². The summed E-state index contributed by atoms with van der Waals surface area (Å²) in [5.74, 6) is -0.803. The number of anilines is 2. The predicted molar refractivity (Wildman–Crippen MR) is 138 cm³/mol. The van der Waals surface area contributed by atoms with Gasteiger partial charge in [-0.15, -0.1) is 0 Å². The fraction of sp³-hybridized carbons (Fsp3) is 0.0741. The molecule has 1 amide bonds. The molecule has 0 bridgehead atoms. The number of nitrogens with two attached hydrogens (primary N) is 1. The van der Waals surface area contributed by atoms with Gasteiger partial charge in [0, 0.05) is 16.5 Å². The SMILES string of the molecule is Cc1ccc(CN(C(=O)C(=Cc2ccc([N+](=O)[O-])s2)c2ccc(F)cc2)c2ccccc2N)cc1. The zero-order valence-corrected chi connectivity index (χ0v) is 19.7. The predicted octanol–water partition coefficient (Wildman–Crippen LogP) is 6.46. The molecule has 0 fully saturated rings. The van der Waals surface area contributed by atoms with Crippen molar-refractivity contribution in [2.45, 2.75) is 13.5 Å². The van der Waals surface area contributed by atoms with Crippen molar-refractivity contribution in [3.8, 4) is 0 Å². The summed E-state index contributed by atoms with van der Waals surface area (Å²) in [5, 5.41) is 11.1. The quantitative estimate of drug-likeness (QED) is 0.140. The first kappa shape index (κ1) is 23.8. The maximum Gasteiger partial charge on any atom is 0.324 e. The summed E-state index contributed by atoms with van der Waals surface area (Å²) in [4.78, 5) is 26.9. The molecule has 4 rings (SSSR count). The van der Waals surface area contributed by atoms with Crippen LogP contribution in [0.1, 0.15) is 21.6 Å². The highest BCUT2D eigenvalue weighted by Crippen LogP contribution is 2.32. The number of para-hydroxylation sites is 2. The topological polar surface area (TPSA) is 89.5 Å². The van der Waals surface area contributed by atoms with Gasteiger partial charge in [0.25, 0.3) is 5.91 Å². The Labute approximate surface area is 205 Å². The molecule has 2 N–H and O–H groups in total. The van der Waals surface area contributed by atoms with Gasteiger partial charge in [0.05, 0.1) is 22.8 Å². The van der Waals surface area contributed by atoms with Gasteiger partial charge in [-0.05, 0) is 54.5 Å². The van der Waals surface area contributed by atoms with Crippen molar-refractivity contribution in [2.24, 2.45) is 0 Å². The minimum atomic E-state index is -0.476. The van der Waals surface area contributed by atoms with Crippen LogP contribution in [0, 0.1) is 22.9 Å². The van der Waals surface area contributed by atoms with Gasteiger partial charge in [-0.3, -0.25) is 14.9 Å². The summed E-state index contributed by atoms with van der Waals surface area (Å²) in [6.07, 6.45) is 1.59. The average Bonchev–Trinajstić information content (AvgIpc) is 3.32. The largest absolute Gasteiger partial charge is 0.397 e. The first-order chi connectivity index (χ1) is 16.8. The number of nitrogens with zero attached hydrogens (tertiary/aromatic N) is 2. The molecular weight excluding hydrogens is 465 g/mol. The maximum atomic E-state index is 14.1. The van der Waals surface area contributed by atoms with Gasteiger partial charge in [0.15, 0.2) is 0 Å². The number of nitrogen functional groups attached to an aromatic ring is 1. The molecular formula is C27H22FN3O3S.